The summed E-state index contributed by atoms with van der Waals surface area (Å²) in [5.41, 5.74) is 6.02. The topological polar surface area (TPSA) is 58.9 Å². The van der Waals surface area contributed by atoms with Gasteiger partial charge in [0.15, 0.2) is 0 Å². The first-order chi connectivity index (χ1) is 13.1. The van der Waals surface area contributed by atoms with Crippen LogP contribution in [0.4, 0.5) is 11.4 Å². The summed E-state index contributed by atoms with van der Waals surface area (Å²) in [4.78, 5) is 28.9. The van der Waals surface area contributed by atoms with Gasteiger partial charge < -0.3 is 0 Å². The molecule has 2 aromatic rings. The van der Waals surface area contributed by atoms with Crippen molar-refractivity contribution in [2.75, 3.05) is 0 Å². The summed E-state index contributed by atoms with van der Waals surface area (Å²) in [6.45, 7) is 8.63. The molecular formula is C23H26N2O2. The van der Waals surface area contributed by atoms with Gasteiger partial charge in [0.1, 0.15) is 0 Å². The standard InChI is InChI=1S/C23H26N2O2/c1-5-19-20(6-2)22(25-16-27)14-13-21(19)23(7-3,8-4)17-9-11-18(12-10-17)24-15-26/h9-14H,5-8H2,1-4H3. The highest BCUT2D eigenvalue weighted by Gasteiger charge is 2.33. The van der Waals surface area contributed by atoms with Crippen LogP contribution in [0.2, 0.25) is 0 Å². The molecule has 0 fully saturated rings. The first-order valence-electron chi connectivity index (χ1n) is 9.53. The van der Waals surface area contributed by atoms with Gasteiger partial charge in [-0.3, -0.25) is 0 Å². The molecule has 0 atom stereocenters. The summed E-state index contributed by atoms with van der Waals surface area (Å²) in [5, 5.41) is 0. The van der Waals surface area contributed by atoms with Gasteiger partial charge in [-0.2, -0.15) is 9.98 Å². The first kappa shape index (κ1) is 20.5. The van der Waals surface area contributed by atoms with Gasteiger partial charge in [-0.15, -0.1) is 0 Å². The highest BCUT2D eigenvalue weighted by Crippen LogP contribution is 2.43. The predicted octanol–water partition coefficient (Wildman–Crippen LogP) is 5.85. The minimum atomic E-state index is -0.151. The molecular weight excluding hydrogens is 336 g/mol. The van der Waals surface area contributed by atoms with Crippen molar-refractivity contribution in [3.63, 3.8) is 0 Å². The molecule has 0 heterocycles. The lowest BCUT2D eigenvalue weighted by Crippen LogP contribution is -2.28. The highest BCUT2D eigenvalue weighted by molar-refractivity contribution is 5.61. The van der Waals surface area contributed by atoms with Gasteiger partial charge >= 0.3 is 0 Å². The number of nitrogens with zero attached hydrogens (tertiary/aromatic N) is 2. The maximum absolute atomic E-state index is 10.8. The van der Waals surface area contributed by atoms with E-state index >= 15 is 0 Å². The Hall–Kier alpha value is -2.80. The molecule has 0 bridgehead atoms. The highest BCUT2D eigenvalue weighted by atomic mass is 16.1. The number of aliphatic imine (C=N–C) groups is 2. The summed E-state index contributed by atoms with van der Waals surface area (Å²) in [7, 11) is 0. The van der Waals surface area contributed by atoms with Gasteiger partial charge in [-0.1, -0.05) is 45.9 Å². The summed E-state index contributed by atoms with van der Waals surface area (Å²) in [6, 6.07) is 11.9. The zero-order valence-corrected chi connectivity index (χ0v) is 16.5. The maximum Gasteiger partial charge on any atom is 0.240 e. The summed E-state index contributed by atoms with van der Waals surface area (Å²) < 4.78 is 0. The molecule has 0 radical (unpaired) electrons. The van der Waals surface area contributed by atoms with Gasteiger partial charge in [0.2, 0.25) is 12.2 Å². The average molecular weight is 362 g/mol. The van der Waals surface area contributed by atoms with E-state index < -0.39 is 0 Å². The Balaban J connectivity index is 2.75. The minimum Gasteiger partial charge on any atom is -0.211 e. The van der Waals surface area contributed by atoms with Crippen molar-refractivity contribution in [2.45, 2.75) is 58.8 Å². The lowest BCUT2D eigenvalue weighted by molar-refractivity contribution is 0.474. The zero-order valence-electron chi connectivity index (χ0n) is 16.5. The van der Waals surface area contributed by atoms with E-state index in [0.717, 1.165) is 31.2 Å². The molecule has 4 heteroatoms. The van der Waals surface area contributed by atoms with Gasteiger partial charge in [-0.25, -0.2) is 9.59 Å². The summed E-state index contributed by atoms with van der Waals surface area (Å²) in [6.07, 6.45) is 6.82. The van der Waals surface area contributed by atoms with Crippen LogP contribution in [0.25, 0.3) is 0 Å². The summed E-state index contributed by atoms with van der Waals surface area (Å²) >= 11 is 0. The lowest BCUT2D eigenvalue weighted by Gasteiger charge is -2.36. The average Bonchev–Trinajstić information content (AvgIpc) is 2.71. The second-order valence-electron chi connectivity index (χ2n) is 6.54. The van der Waals surface area contributed by atoms with Gasteiger partial charge in [0.25, 0.3) is 0 Å². The number of isocyanates is 2. The molecule has 140 valence electrons. The lowest BCUT2D eigenvalue weighted by atomic mass is 9.68. The Labute approximate surface area is 161 Å². The van der Waals surface area contributed by atoms with Crippen molar-refractivity contribution in [3.05, 3.63) is 58.7 Å². The van der Waals surface area contributed by atoms with E-state index in [4.69, 9.17) is 0 Å². The predicted molar refractivity (Wildman–Crippen MR) is 109 cm³/mol. The second-order valence-corrected chi connectivity index (χ2v) is 6.54. The Morgan fingerprint density at radius 1 is 0.778 bits per heavy atom. The van der Waals surface area contributed by atoms with Crippen LogP contribution in [-0.2, 0) is 27.8 Å². The SMILES string of the molecule is CCc1c(N=C=O)ccc(C(CC)(CC)c2ccc(N=C=O)cc2)c1CC. The number of carbonyl (C=O) groups excluding carboxylic acids is 2. The number of rotatable bonds is 8. The van der Waals surface area contributed by atoms with Crippen LogP contribution in [0.5, 0.6) is 0 Å². The summed E-state index contributed by atoms with van der Waals surface area (Å²) in [5.74, 6) is 0. The maximum atomic E-state index is 10.8. The smallest absolute Gasteiger partial charge is 0.211 e. The van der Waals surface area contributed by atoms with Crippen LogP contribution in [0, 0.1) is 0 Å². The Kier molecular flexibility index (Phi) is 7.01. The molecule has 27 heavy (non-hydrogen) atoms. The second kappa shape index (κ2) is 9.23. The van der Waals surface area contributed by atoms with Crippen LogP contribution >= 0.6 is 0 Å². The van der Waals surface area contributed by atoms with E-state index in [0.29, 0.717) is 11.4 Å². The van der Waals surface area contributed by atoms with Crippen molar-refractivity contribution in [2.24, 2.45) is 9.98 Å². The fourth-order valence-electron chi connectivity index (χ4n) is 4.18. The number of benzene rings is 2. The van der Waals surface area contributed by atoms with Gasteiger partial charge in [-0.05, 0) is 66.1 Å². The largest absolute Gasteiger partial charge is 0.240 e. The van der Waals surface area contributed by atoms with Crippen LogP contribution in [-0.4, -0.2) is 12.2 Å². The Bertz CT molecular complexity index is 883. The van der Waals surface area contributed by atoms with Gasteiger partial charge in [0, 0.05) is 5.41 Å². The molecule has 0 aliphatic heterocycles. The van der Waals surface area contributed by atoms with Crippen LogP contribution in [0.3, 0.4) is 0 Å². The van der Waals surface area contributed by atoms with E-state index in [1.807, 2.05) is 30.3 Å². The molecule has 0 unspecified atom stereocenters. The number of hydrogen-bond acceptors (Lipinski definition) is 4. The minimum absolute atomic E-state index is 0.151. The third-order valence-electron chi connectivity index (χ3n) is 5.60. The molecule has 4 nitrogen and oxygen atoms in total. The van der Waals surface area contributed by atoms with E-state index in [9.17, 15) is 9.59 Å². The molecule has 2 rings (SSSR count). The first-order valence-corrected chi connectivity index (χ1v) is 9.53. The molecule has 0 amide bonds. The van der Waals surface area contributed by atoms with Crippen molar-refractivity contribution in [3.8, 4) is 0 Å². The molecule has 2 aromatic carbocycles. The fraction of sp³-hybridized carbons (Fsp3) is 0.391. The normalized spacial score (nSPS) is 10.8. The number of hydrogen-bond donors (Lipinski definition) is 0. The quantitative estimate of drug-likeness (QED) is 0.437. The molecule has 0 saturated heterocycles. The monoisotopic (exact) mass is 362 g/mol. The van der Waals surface area contributed by atoms with Crippen molar-refractivity contribution < 1.29 is 9.59 Å². The molecule has 0 aliphatic rings. The van der Waals surface area contributed by atoms with E-state index in [-0.39, 0.29) is 5.41 Å². The van der Waals surface area contributed by atoms with Crippen molar-refractivity contribution in [1.29, 1.82) is 0 Å². The molecule has 0 spiro atoms. The van der Waals surface area contributed by atoms with Crippen LogP contribution < -0.4 is 0 Å². The van der Waals surface area contributed by atoms with Crippen LogP contribution in [0.1, 0.15) is 62.8 Å². The zero-order chi connectivity index (χ0) is 19.9. The molecule has 0 aromatic heterocycles. The Morgan fingerprint density at radius 3 is 1.85 bits per heavy atom. The van der Waals surface area contributed by atoms with E-state index in [2.05, 4.69) is 43.7 Å². The third kappa shape index (κ3) is 3.83. The van der Waals surface area contributed by atoms with Crippen molar-refractivity contribution in [1.82, 2.24) is 0 Å². The van der Waals surface area contributed by atoms with E-state index in [1.54, 1.807) is 12.2 Å². The van der Waals surface area contributed by atoms with Gasteiger partial charge in [0.05, 0.1) is 11.4 Å². The Morgan fingerprint density at radius 2 is 1.37 bits per heavy atom. The molecule has 0 aliphatic carbocycles. The third-order valence-corrected chi connectivity index (χ3v) is 5.60. The van der Waals surface area contributed by atoms with Crippen molar-refractivity contribution >= 4 is 23.5 Å². The molecule has 0 N–H and O–H groups in total. The fourth-order valence-corrected chi connectivity index (χ4v) is 4.18. The van der Waals surface area contributed by atoms with Crippen LogP contribution in [0.15, 0.2) is 46.4 Å². The molecule has 0 saturated carbocycles. The van der Waals surface area contributed by atoms with E-state index in [1.165, 1.54) is 16.7 Å².